The second kappa shape index (κ2) is 9.78. The molecule has 8 heteroatoms. The first-order chi connectivity index (χ1) is 12.9. The molecule has 0 saturated heterocycles. The fourth-order valence-electron chi connectivity index (χ4n) is 2.47. The van der Waals surface area contributed by atoms with Crippen molar-refractivity contribution in [1.82, 2.24) is 15.5 Å². The third-order valence-electron chi connectivity index (χ3n) is 3.70. The monoisotopic (exact) mass is 390 g/mol. The molecule has 1 aromatic heterocycles. The molecule has 2 aromatic rings. The molecule has 0 spiro atoms. The first-order valence-corrected chi connectivity index (χ1v) is 8.89. The molecule has 0 aliphatic carbocycles. The van der Waals surface area contributed by atoms with Gasteiger partial charge in [0, 0.05) is 22.7 Å². The van der Waals surface area contributed by atoms with Crippen molar-refractivity contribution in [3.63, 3.8) is 0 Å². The van der Waals surface area contributed by atoms with Crippen molar-refractivity contribution >= 4 is 35.3 Å². The van der Waals surface area contributed by atoms with Crippen LogP contribution in [0.25, 0.3) is 6.08 Å². The largest absolute Gasteiger partial charge is 0.496 e. The quantitative estimate of drug-likeness (QED) is 0.603. The van der Waals surface area contributed by atoms with Crippen molar-refractivity contribution < 1.29 is 14.3 Å². The first kappa shape index (κ1) is 20.5. The van der Waals surface area contributed by atoms with Crippen LogP contribution in [-0.4, -0.2) is 35.2 Å². The third-order valence-corrected chi connectivity index (χ3v) is 3.94. The van der Waals surface area contributed by atoms with Crippen molar-refractivity contribution in [3.8, 4) is 5.75 Å². The van der Waals surface area contributed by atoms with Gasteiger partial charge >= 0.3 is 0 Å². The molecule has 2 rings (SSSR count). The Morgan fingerprint density at radius 3 is 2.74 bits per heavy atom. The summed E-state index contributed by atoms with van der Waals surface area (Å²) in [7, 11) is 1.54. The summed E-state index contributed by atoms with van der Waals surface area (Å²) in [4.78, 5) is 24.8. The molecule has 0 saturated carbocycles. The fraction of sp³-hybridized carbons (Fsp3) is 0.316. The minimum Gasteiger partial charge on any atom is -0.496 e. The maximum absolute atomic E-state index is 12.5. The summed E-state index contributed by atoms with van der Waals surface area (Å²) < 4.78 is 5.25. The van der Waals surface area contributed by atoms with E-state index in [1.165, 1.54) is 12.3 Å². The van der Waals surface area contributed by atoms with Crippen LogP contribution in [0.3, 0.4) is 0 Å². The molecule has 0 radical (unpaired) electrons. The number of H-pyrrole nitrogens is 1. The Balaban J connectivity index is 2.06. The van der Waals surface area contributed by atoms with Crippen molar-refractivity contribution in [1.29, 1.82) is 0 Å². The van der Waals surface area contributed by atoms with Gasteiger partial charge < -0.3 is 15.4 Å². The summed E-state index contributed by atoms with van der Waals surface area (Å²) >= 11 is 5.99. The number of aromatic amines is 1. The summed E-state index contributed by atoms with van der Waals surface area (Å²) in [6.45, 7) is 3.96. The fourth-order valence-corrected chi connectivity index (χ4v) is 2.65. The molecule has 1 atom stereocenters. The van der Waals surface area contributed by atoms with E-state index < -0.39 is 6.04 Å². The summed E-state index contributed by atoms with van der Waals surface area (Å²) in [5, 5.41) is 12.4. The van der Waals surface area contributed by atoms with E-state index in [-0.39, 0.29) is 17.7 Å². The molecular formula is C19H23ClN4O3. The van der Waals surface area contributed by atoms with Crippen LogP contribution in [0.2, 0.25) is 5.02 Å². The maximum atomic E-state index is 12.5. The van der Waals surface area contributed by atoms with Crippen LogP contribution in [0.5, 0.6) is 5.75 Å². The van der Waals surface area contributed by atoms with Crippen LogP contribution in [-0.2, 0) is 9.59 Å². The van der Waals surface area contributed by atoms with E-state index in [4.69, 9.17) is 16.3 Å². The predicted molar refractivity (Wildman–Crippen MR) is 106 cm³/mol. The van der Waals surface area contributed by atoms with Crippen LogP contribution in [0.15, 0.2) is 36.5 Å². The number of carbonyl (C=O) groups is 2. The predicted octanol–water partition coefficient (Wildman–Crippen LogP) is 3.25. The van der Waals surface area contributed by atoms with Crippen LogP contribution in [0.4, 0.5) is 5.82 Å². The Labute approximate surface area is 163 Å². The normalized spacial score (nSPS) is 12.2. The van der Waals surface area contributed by atoms with Gasteiger partial charge in [-0.05, 0) is 36.6 Å². The molecule has 144 valence electrons. The lowest BCUT2D eigenvalue weighted by Crippen LogP contribution is -2.44. The van der Waals surface area contributed by atoms with Gasteiger partial charge in [0.15, 0.2) is 0 Å². The van der Waals surface area contributed by atoms with Crippen molar-refractivity contribution in [3.05, 3.63) is 47.1 Å². The van der Waals surface area contributed by atoms with E-state index in [1.54, 1.807) is 37.5 Å². The Morgan fingerprint density at radius 1 is 1.33 bits per heavy atom. The number of benzene rings is 1. The average Bonchev–Trinajstić information content (AvgIpc) is 3.12. The zero-order valence-electron chi connectivity index (χ0n) is 15.5. The van der Waals surface area contributed by atoms with Gasteiger partial charge in [-0.1, -0.05) is 25.4 Å². The van der Waals surface area contributed by atoms with Crippen LogP contribution in [0.1, 0.15) is 25.8 Å². The number of ether oxygens (including phenoxy) is 1. The summed E-state index contributed by atoms with van der Waals surface area (Å²) in [6, 6.07) is 6.08. The van der Waals surface area contributed by atoms with Crippen LogP contribution >= 0.6 is 11.6 Å². The zero-order valence-corrected chi connectivity index (χ0v) is 16.2. The van der Waals surface area contributed by atoms with E-state index in [0.29, 0.717) is 28.6 Å². The molecular weight excluding hydrogens is 368 g/mol. The highest BCUT2D eigenvalue weighted by atomic mass is 35.5. The number of anilines is 1. The van der Waals surface area contributed by atoms with Gasteiger partial charge in [-0.3, -0.25) is 14.7 Å². The molecule has 0 aliphatic rings. The molecule has 7 nitrogen and oxygen atoms in total. The topological polar surface area (TPSA) is 96.1 Å². The Bertz CT molecular complexity index is 803. The molecule has 1 heterocycles. The first-order valence-electron chi connectivity index (χ1n) is 8.51. The number of halogens is 1. The highest BCUT2D eigenvalue weighted by Crippen LogP contribution is 2.23. The maximum Gasteiger partial charge on any atom is 0.248 e. The number of carbonyl (C=O) groups excluding carboxylic acids is 2. The number of methoxy groups -OCH3 is 1. The van der Waals surface area contributed by atoms with Crippen molar-refractivity contribution in [2.45, 2.75) is 26.3 Å². The van der Waals surface area contributed by atoms with Gasteiger partial charge in [-0.25, -0.2) is 0 Å². The number of nitrogens with zero attached hydrogens (tertiary/aromatic N) is 1. The van der Waals surface area contributed by atoms with E-state index >= 15 is 0 Å². The Hall–Kier alpha value is -2.80. The molecule has 0 bridgehead atoms. The van der Waals surface area contributed by atoms with Crippen LogP contribution < -0.4 is 15.4 Å². The van der Waals surface area contributed by atoms with Gasteiger partial charge in [0.25, 0.3) is 0 Å². The summed E-state index contributed by atoms with van der Waals surface area (Å²) in [5.74, 6) is 0.596. The van der Waals surface area contributed by atoms with Gasteiger partial charge in [-0.2, -0.15) is 5.10 Å². The van der Waals surface area contributed by atoms with Crippen molar-refractivity contribution in [2.75, 3.05) is 12.4 Å². The smallest absolute Gasteiger partial charge is 0.248 e. The lowest BCUT2D eigenvalue weighted by atomic mass is 10.0. The molecule has 2 amide bonds. The summed E-state index contributed by atoms with van der Waals surface area (Å²) in [6.07, 6.45) is 4.98. The molecule has 0 fully saturated rings. The van der Waals surface area contributed by atoms with Gasteiger partial charge in [0.2, 0.25) is 11.8 Å². The number of aromatic nitrogens is 2. The summed E-state index contributed by atoms with van der Waals surface area (Å²) in [5.41, 5.74) is 0.669. The number of nitrogens with one attached hydrogen (secondary N) is 3. The highest BCUT2D eigenvalue weighted by molar-refractivity contribution is 6.30. The number of amides is 2. The second-order valence-corrected chi connectivity index (χ2v) is 6.81. The SMILES string of the molecule is COc1ccc(Cl)cc1/C=C/C(=O)NC(CC(C)C)C(=O)Nc1ccn[nH]1. The molecule has 1 aromatic carbocycles. The van der Waals surface area contributed by atoms with Crippen LogP contribution in [0, 0.1) is 5.92 Å². The lowest BCUT2D eigenvalue weighted by molar-refractivity contribution is -0.124. The number of hydrogen-bond acceptors (Lipinski definition) is 4. The second-order valence-electron chi connectivity index (χ2n) is 6.37. The van der Waals surface area contributed by atoms with Crippen molar-refractivity contribution in [2.24, 2.45) is 5.92 Å². The third kappa shape index (κ3) is 6.45. The number of hydrogen-bond donors (Lipinski definition) is 3. The molecule has 1 unspecified atom stereocenters. The minimum absolute atomic E-state index is 0.222. The van der Waals surface area contributed by atoms with E-state index in [2.05, 4.69) is 20.8 Å². The Morgan fingerprint density at radius 2 is 2.11 bits per heavy atom. The van der Waals surface area contributed by atoms with E-state index in [9.17, 15) is 9.59 Å². The zero-order chi connectivity index (χ0) is 19.8. The molecule has 27 heavy (non-hydrogen) atoms. The van der Waals surface area contributed by atoms with Gasteiger partial charge in [0.1, 0.15) is 17.6 Å². The molecule has 0 aliphatic heterocycles. The lowest BCUT2D eigenvalue weighted by Gasteiger charge is -2.19. The average molecular weight is 391 g/mol. The van der Waals surface area contributed by atoms with E-state index in [0.717, 1.165) is 0 Å². The molecule has 3 N–H and O–H groups in total. The van der Waals surface area contributed by atoms with Gasteiger partial charge in [0.05, 0.1) is 13.3 Å². The highest BCUT2D eigenvalue weighted by Gasteiger charge is 2.21. The van der Waals surface area contributed by atoms with Gasteiger partial charge in [-0.15, -0.1) is 0 Å². The number of rotatable bonds is 8. The van der Waals surface area contributed by atoms with E-state index in [1.807, 2.05) is 13.8 Å². The minimum atomic E-state index is -0.674. The standard InChI is InChI=1S/C19H23ClN4O3/c1-12(2)10-15(19(26)23-17-8-9-21-24-17)22-18(25)7-4-13-11-14(20)5-6-16(13)27-3/h4-9,11-12,15H,10H2,1-3H3,(H,22,25)(H2,21,23,24,26)/b7-4+. The Kier molecular flexibility index (Phi) is 7.43.